The molecule has 1 aliphatic rings. The lowest BCUT2D eigenvalue weighted by molar-refractivity contribution is 0.232. The van der Waals surface area contributed by atoms with Gasteiger partial charge in [0.05, 0.1) is 0 Å². The molecule has 1 N–H and O–H groups in total. The highest BCUT2D eigenvalue weighted by Crippen LogP contribution is 2.21. The fraction of sp³-hybridized carbons (Fsp3) is 1.00. The zero-order valence-electron chi connectivity index (χ0n) is 8.85. The van der Waals surface area contributed by atoms with Gasteiger partial charge in [-0.25, -0.2) is 0 Å². The second-order valence-corrected chi connectivity index (χ2v) is 5.06. The Morgan fingerprint density at radius 3 is 2.33 bits per heavy atom. The van der Waals surface area contributed by atoms with Crippen LogP contribution in [0.4, 0.5) is 0 Å². The van der Waals surface area contributed by atoms with E-state index in [0.717, 1.165) is 19.1 Å². The lowest BCUT2D eigenvalue weighted by atomic mass is 9.93. The van der Waals surface area contributed by atoms with Crippen molar-refractivity contribution in [2.24, 2.45) is 5.41 Å². The summed E-state index contributed by atoms with van der Waals surface area (Å²) in [5.74, 6) is 0. The Labute approximate surface area is 76.3 Å². The molecule has 0 atom stereocenters. The van der Waals surface area contributed by atoms with Crippen LogP contribution in [0.3, 0.4) is 0 Å². The van der Waals surface area contributed by atoms with Gasteiger partial charge >= 0.3 is 0 Å². The second kappa shape index (κ2) is 3.75. The molecular formula is C10H22N2. The van der Waals surface area contributed by atoms with Gasteiger partial charge in [-0.2, -0.15) is 0 Å². The molecule has 0 aromatic rings. The number of hydrogen-bond donors (Lipinski definition) is 1. The molecule has 0 spiro atoms. The summed E-state index contributed by atoms with van der Waals surface area (Å²) in [5, 5.41) is 3.58. The van der Waals surface area contributed by atoms with E-state index in [9.17, 15) is 0 Å². The molecule has 0 radical (unpaired) electrons. The highest BCUT2D eigenvalue weighted by atomic mass is 15.1. The van der Waals surface area contributed by atoms with Crippen LogP contribution >= 0.6 is 0 Å². The fourth-order valence-corrected chi connectivity index (χ4v) is 1.62. The van der Waals surface area contributed by atoms with E-state index in [1.807, 2.05) is 0 Å². The van der Waals surface area contributed by atoms with E-state index in [-0.39, 0.29) is 0 Å². The van der Waals surface area contributed by atoms with Crippen molar-refractivity contribution in [3.63, 3.8) is 0 Å². The summed E-state index contributed by atoms with van der Waals surface area (Å²) < 4.78 is 0. The van der Waals surface area contributed by atoms with Gasteiger partial charge in [-0.1, -0.05) is 13.8 Å². The summed E-state index contributed by atoms with van der Waals surface area (Å²) in [6, 6.07) is 0.839. The van der Waals surface area contributed by atoms with Gasteiger partial charge in [-0.3, -0.25) is 0 Å². The van der Waals surface area contributed by atoms with Crippen molar-refractivity contribution in [3.8, 4) is 0 Å². The summed E-state index contributed by atoms with van der Waals surface area (Å²) in [5.41, 5.74) is 0.409. The van der Waals surface area contributed by atoms with E-state index >= 15 is 0 Å². The van der Waals surface area contributed by atoms with Gasteiger partial charge < -0.3 is 10.2 Å². The number of nitrogens with zero attached hydrogens (tertiary/aromatic N) is 1. The molecule has 1 rings (SSSR count). The quantitative estimate of drug-likeness (QED) is 0.669. The predicted molar refractivity (Wildman–Crippen MR) is 53.4 cm³/mol. The first-order chi connectivity index (χ1) is 5.49. The van der Waals surface area contributed by atoms with Crippen LogP contribution in [0.15, 0.2) is 0 Å². The normalized spacial score (nSPS) is 18.8. The molecule has 12 heavy (non-hydrogen) atoms. The second-order valence-electron chi connectivity index (χ2n) is 5.06. The fourth-order valence-electron chi connectivity index (χ4n) is 1.62. The van der Waals surface area contributed by atoms with E-state index < -0.39 is 0 Å². The molecular weight excluding hydrogens is 148 g/mol. The van der Waals surface area contributed by atoms with Crippen LogP contribution in [0.5, 0.6) is 0 Å². The Balaban J connectivity index is 2.16. The van der Waals surface area contributed by atoms with Gasteiger partial charge in [-0.15, -0.1) is 0 Å². The van der Waals surface area contributed by atoms with Crippen molar-refractivity contribution in [3.05, 3.63) is 0 Å². The number of nitrogens with one attached hydrogen (secondary N) is 1. The zero-order valence-corrected chi connectivity index (χ0v) is 8.85. The molecule has 0 bridgehead atoms. The third kappa shape index (κ3) is 4.07. The van der Waals surface area contributed by atoms with E-state index in [4.69, 9.17) is 0 Å². The average molecular weight is 170 g/mol. The van der Waals surface area contributed by atoms with Crippen molar-refractivity contribution < 1.29 is 0 Å². The van der Waals surface area contributed by atoms with Gasteiger partial charge in [0, 0.05) is 19.1 Å². The van der Waals surface area contributed by atoms with Crippen molar-refractivity contribution in [1.29, 1.82) is 0 Å². The summed E-state index contributed by atoms with van der Waals surface area (Å²) in [7, 11) is 4.28. The van der Waals surface area contributed by atoms with Crippen molar-refractivity contribution >= 4 is 0 Å². The van der Waals surface area contributed by atoms with E-state index in [0.29, 0.717) is 5.41 Å². The van der Waals surface area contributed by atoms with Gasteiger partial charge in [0.1, 0.15) is 0 Å². The lowest BCUT2D eigenvalue weighted by Crippen LogP contribution is -2.38. The van der Waals surface area contributed by atoms with Crippen molar-refractivity contribution in [1.82, 2.24) is 10.2 Å². The molecule has 72 valence electrons. The Bertz CT molecular complexity index is 137. The highest BCUT2D eigenvalue weighted by Gasteiger charge is 2.25. The zero-order chi connectivity index (χ0) is 9.19. The molecule has 1 fully saturated rings. The molecule has 2 nitrogen and oxygen atoms in total. The number of hydrogen-bond acceptors (Lipinski definition) is 2. The van der Waals surface area contributed by atoms with Crippen LogP contribution < -0.4 is 5.32 Å². The maximum absolute atomic E-state index is 3.58. The summed E-state index contributed by atoms with van der Waals surface area (Å²) in [4.78, 5) is 2.26. The van der Waals surface area contributed by atoms with Crippen LogP contribution in [0.1, 0.15) is 26.7 Å². The molecule has 0 heterocycles. The van der Waals surface area contributed by atoms with Crippen molar-refractivity contribution in [2.45, 2.75) is 32.7 Å². The third-order valence-corrected chi connectivity index (χ3v) is 2.19. The highest BCUT2D eigenvalue weighted by molar-refractivity contribution is 4.84. The molecule has 0 aromatic heterocycles. The SMILES string of the molecule is CN(C)CC(C)(C)CNC1CC1. The minimum absolute atomic E-state index is 0.409. The Morgan fingerprint density at radius 1 is 1.33 bits per heavy atom. The molecule has 0 aliphatic heterocycles. The van der Waals surface area contributed by atoms with E-state index in [2.05, 4.69) is 38.2 Å². The van der Waals surface area contributed by atoms with Gasteiger partial charge in [-0.05, 0) is 32.4 Å². The summed E-state index contributed by atoms with van der Waals surface area (Å²) in [6.45, 7) is 6.95. The standard InChI is InChI=1S/C10H22N2/c1-10(2,8-12(3)4)7-11-9-5-6-9/h9,11H,5-8H2,1-4H3. The molecule has 1 saturated carbocycles. The maximum Gasteiger partial charge on any atom is 0.00684 e. The molecule has 2 heteroatoms. The lowest BCUT2D eigenvalue weighted by Gasteiger charge is -2.28. The van der Waals surface area contributed by atoms with Crippen LogP contribution in [-0.4, -0.2) is 38.1 Å². The molecule has 0 saturated heterocycles. The predicted octanol–water partition coefficient (Wildman–Crippen LogP) is 1.33. The van der Waals surface area contributed by atoms with Crippen LogP contribution in [0.25, 0.3) is 0 Å². The molecule has 0 aromatic carbocycles. The molecule has 0 amide bonds. The van der Waals surface area contributed by atoms with Gasteiger partial charge in [0.2, 0.25) is 0 Å². The first-order valence-electron chi connectivity index (χ1n) is 4.88. The van der Waals surface area contributed by atoms with E-state index in [1.165, 1.54) is 12.8 Å². The number of rotatable bonds is 5. The van der Waals surface area contributed by atoms with Gasteiger partial charge in [0.25, 0.3) is 0 Å². The minimum Gasteiger partial charge on any atom is -0.313 e. The van der Waals surface area contributed by atoms with Crippen molar-refractivity contribution in [2.75, 3.05) is 27.2 Å². The molecule has 1 aliphatic carbocycles. The van der Waals surface area contributed by atoms with Crippen LogP contribution in [0.2, 0.25) is 0 Å². The minimum atomic E-state index is 0.409. The first-order valence-corrected chi connectivity index (χ1v) is 4.88. The topological polar surface area (TPSA) is 15.3 Å². The first kappa shape index (κ1) is 10.0. The Kier molecular flexibility index (Phi) is 3.13. The largest absolute Gasteiger partial charge is 0.313 e. The average Bonchev–Trinajstić information content (AvgIpc) is 2.62. The molecule has 0 unspecified atom stereocenters. The Hall–Kier alpha value is -0.0800. The smallest absolute Gasteiger partial charge is 0.00684 e. The Morgan fingerprint density at radius 2 is 1.92 bits per heavy atom. The van der Waals surface area contributed by atoms with E-state index in [1.54, 1.807) is 0 Å². The van der Waals surface area contributed by atoms with Crippen LogP contribution in [-0.2, 0) is 0 Å². The monoisotopic (exact) mass is 170 g/mol. The summed E-state index contributed by atoms with van der Waals surface area (Å²) in [6.07, 6.45) is 2.77. The maximum atomic E-state index is 3.58. The third-order valence-electron chi connectivity index (χ3n) is 2.19. The van der Waals surface area contributed by atoms with Crippen LogP contribution in [0, 0.1) is 5.41 Å². The van der Waals surface area contributed by atoms with Gasteiger partial charge in [0.15, 0.2) is 0 Å². The summed E-state index contributed by atoms with van der Waals surface area (Å²) >= 11 is 0.